The standard InChI is InChI=1S/C13H22N4OS/c1-4-10-8-17(7-6-15-10)12(18)11-9(3)16-13(19-11)14-5-2/h10,15H,4-8H2,1-3H3,(H,14,16)/t10-/m1/s1. The molecule has 0 aliphatic carbocycles. The number of carbonyl (C=O) groups is 1. The normalized spacial score (nSPS) is 19.5. The monoisotopic (exact) mass is 282 g/mol. The minimum atomic E-state index is 0.124. The van der Waals surface area contributed by atoms with E-state index < -0.39 is 0 Å². The van der Waals surface area contributed by atoms with Crippen molar-refractivity contribution in [3.63, 3.8) is 0 Å². The average Bonchev–Trinajstić information content (AvgIpc) is 2.79. The second kappa shape index (κ2) is 6.34. The van der Waals surface area contributed by atoms with E-state index >= 15 is 0 Å². The van der Waals surface area contributed by atoms with E-state index in [0.717, 1.165) is 48.3 Å². The van der Waals surface area contributed by atoms with Gasteiger partial charge in [-0.2, -0.15) is 0 Å². The van der Waals surface area contributed by atoms with Gasteiger partial charge in [-0.05, 0) is 20.3 Å². The van der Waals surface area contributed by atoms with Gasteiger partial charge in [-0.1, -0.05) is 18.3 Å². The number of anilines is 1. The number of aromatic nitrogens is 1. The number of nitrogens with one attached hydrogen (secondary N) is 2. The van der Waals surface area contributed by atoms with Gasteiger partial charge in [-0.15, -0.1) is 0 Å². The highest BCUT2D eigenvalue weighted by molar-refractivity contribution is 7.17. The second-order valence-corrected chi connectivity index (χ2v) is 5.77. The van der Waals surface area contributed by atoms with Gasteiger partial charge >= 0.3 is 0 Å². The van der Waals surface area contributed by atoms with E-state index in [1.54, 1.807) is 0 Å². The Bertz CT molecular complexity index is 446. The van der Waals surface area contributed by atoms with Crippen LogP contribution in [0.4, 0.5) is 5.13 Å². The smallest absolute Gasteiger partial charge is 0.266 e. The van der Waals surface area contributed by atoms with E-state index in [1.807, 2.05) is 18.7 Å². The Balaban J connectivity index is 2.10. The largest absolute Gasteiger partial charge is 0.362 e. The molecule has 0 radical (unpaired) electrons. The Morgan fingerprint density at radius 2 is 2.37 bits per heavy atom. The lowest BCUT2D eigenvalue weighted by atomic mass is 10.1. The number of hydrogen-bond donors (Lipinski definition) is 2. The van der Waals surface area contributed by atoms with Crippen molar-refractivity contribution in [2.75, 3.05) is 31.5 Å². The van der Waals surface area contributed by atoms with E-state index in [0.29, 0.717) is 6.04 Å². The molecule has 0 unspecified atom stereocenters. The zero-order chi connectivity index (χ0) is 13.8. The molecule has 2 heterocycles. The van der Waals surface area contributed by atoms with Gasteiger partial charge in [0, 0.05) is 32.2 Å². The third kappa shape index (κ3) is 3.25. The van der Waals surface area contributed by atoms with E-state index in [2.05, 4.69) is 22.5 Å². The number of amides is 1. The molecule has 19 heavy (non-hydrogen) atoms. The van der Waals surface area contributed by atoms with Gasteiger partial charge in [-0.3, -0.25) is 4.79 Å². The molecule has 1 saturated heterocycles. The third-order valence-electron chi connectivity index (χ3n) is 3.35. The fourth-order valence-electron chi connectivity index (χ4n) is 2.25. The van der Waals surface area contributed by atoms with Crippen LogP contribution in [0.5, 0.6) is 0 Å². The van der Waals surface area contributed by atoms with Crippen molar-refractivity contribution in [1.29, 1.82) is 0 Å². The SMILES string of the molecule is CCNc1nc(C)c(C(=O)N2CCN[C@H](CC)C2)s1. The first-order valence-corrected chi connectivity index (χ1v) is 7.71. The maximum atomic E-state index is 12.5. The van der Waals surface area contributed by atoms with Crippen molar-refractivity contribution in [1.82, 2.24) is 15.2 Å². The molecule has 2 N–H and O–H groups in total. The molecule has 0 bridgehead atoms. The molecule has 0 saturated carbocycles. The van der Waals surface area contributed by atoms with Crippen LogP contribution in [0.15, 0.2) is 0 Å². The van der Waals surface area contributed by atoms with Crippen LogP contribution in [0.1, 0.15) is 35.6 Å². The molecule has 5 nitrogen and oxygen atoms in total. The van der Waals surface area contributed by atoms with Gasteiger partial charge in [0.1, 0.15) is 4.88 Å². The van der Waals surface area contributed by atoms with Crippen LogP contribution in [0.2, 0.25) is 0 Å². The molecule has 6 heteroatoms. The number of carbonyl (C=O) groups excluding carboxylic acids is 1. The van der Waals surface area contributed by atoms with Crippen LogP contribution >= 0.6 is 11.3 Å². The van der Waals surface area contributed by atoms with Crippen LogP contribution in [0.25, 0.3) is 0 Å². The zero-order valence-electron chi connectivity index (χ0n) is 11.8. The highest BCUT2D eigenvalue weighted by Gasteiger charge is 2.26. The molecule has 1 aromatic rings. The molecule has 0 spiro atoms. The van der Waals surface area contributed by atoms with Crippen molar-refractivity contribution in [2.45, 2.75) is 33.2 Å². The van der Waals surface area contributed by atoms with E-state index in [1.165, 1.54) is 11.3 Å². The molecule has 1 amide bonds. The molecule has 106 valence electrons. The molecule has 2 rings (SSSR count). The van der Waals surface area contributed by atoms with E-state index in [4.69, 9.17) is 0 Å². The van der Waals surface area contributed by atoms with Crippen LogP contribution in [0, 0.1) is 6.92 Å². The van der Waals surface area contributed by atoms with Crippen molar-refractivity contribution in [3.8, 4) is 0 Å². The van der Waals surface area contributed by atoms with Crippen LogP contribution < -0.4 is 10.6 Å². The number of aryl methyl sites for hydroxylation is 1. The van der Waals surface area contributed by atoms with E-state index in [-0.39, 0.29) is 5.91 Å². The molecular formula is C13H22N4OS. The molecule has 1 aliphatic heterocycles. The predicted octanol–water partition coefficient (Wildman–Crippen LogP) is 1.71. The van der Waals surface area contributed by atoms with Crippen LogP contribution in [0.3, 0.4) is 0 Å². The highest BCUT2D eigenvalue weighted by atomic mass is 32.1. The molecule has 0 aromatic carbocycles. The lowest BCUT2D eigenvalue weighted by Crippen LogP contribution is -2.52. The molecule has 1 aliphatic rings. The molecular weight excluding hydrogens is 260 g/mol. The quantitative estimate of drug-likeness (QED) is 0.882. The first kappa shape index (κ1) is 14.3. The summed E-state index contributed by atoms with van der Waals surface area (Å²) in [6.07, 6.45) is 1.05. The summed E-state index contributed by atoms with van der Waals surface area (Å²) < 4.78 is 0. The van der Waals surface area contributed by atoms with E-state index in [9.17, 15) is 4.79 Å². The fraction of sp³-hybridized carbons (Fsp3) is 0.692. The fourth-order valence-corrected chi connectivity index (χ4v) is 3.25. The van der Waals surface area contributed by atoms with Crippen molar-refractivity contribution >= 4 is 22.4 Å². The van der Waals surface area contributed by atoms with Crippen molar-refractivity contribution in [3.05, 3.63) is 10.6 Å². The lowest BCUT2D eigenvalue weighted by Gasteiger charge is -2.33. The minimum Gasteiger partial charge on any atom is -0.362 e. The average molecular weight is 282 g/mol. The maximum absolute atomic E-state index is 12.5. The molecule has 1 atom stereocenters. The van der Waals surface area contributed by atoms with Crippen molar-refractivity contribution < 1.29 is 4.79 Å². The molecule has 1 fully saturated rings. The van der Waals surface area contributed by atoms with Gasteiger partial charge in [0.25, 0.3) is 5.91 Å². The Morgan fingerprint density at radius 3 is 3.05 bits per heavy atom. The topological polar surface area (TPSA) is 57.3 Å². The number of nitrogens with zero attached hydrogens (tertiary/aromatic N) is 2. The van der Waals surface area contributed by atoms with Gasteiger partial charge in [-0.25, -0.2) is 4.98 Å². The number of hydrogen-bond acceptors (Lipinski definition) is 5. The van der Waals surface area contributed by atoms with Gasteiger partial charge in [0.15, 0.2) is 5.13 Å². The Hall–Kier alpha value is -1.14. The summed E-state index contributed by atoms with van der Waals surface area (Å²) in [6, 6.07) is 0.416. The summed E-state index contributed by atoms with van der Waals surface area (Å²) in [6.45, 7) is 9.36. The second-order valence-electron chi connectivity index (χ2n) is 4.77. The van der Waals surface area contributed by atoms with Gasteiger partial charge < -0.3 is 15.5 Å². The Morgan fingerprint density at radius 1 is 1.58 bits per heavy atom. The summed E-state index contributed by atoms with van der Waals surface area (Å²) in [5, 5.41) is 7.44. The molecule has 1 aromatic heterocycles. The highest BCUT2D eigenvalue weighted by Crippen LogP contribution is 2.24. The van der Waals surface area contributed by atoms with Gasteiger partial charge in [0.2, 0.25) is 0 Å². The number of piperazine rings is 1. The Labute approximate surface area is 118 Å². The number of thiazole rings is 1. The predicted molar refractivity (Wildman–Crippen MR) is 79.0 cm³/mol. The lowest BCUT2D eigenvalue weighted by molar-refractivity contribution is 0.0705. The maximum Gasteiger partial charge on any atom is 0.266 e. The summed E-state index contributed by atoms with van der Waals surface area (Å²) in [5.74, 6) is 0.124. The first-order chi connectivity index (χ1) is 9.15. The summed E-state index contributed by atoms with van der Waals surface area (Å²) in [7, 11) is 0. The van der Waals surface area contributed by atoms with Crippen LogP contribution in [-0.2, 0) is 0 Å². The third-order valence-corrected chi connectivity index (χ3v) is 4.46. The Kier molecular flexibility index (Phi) is 4.76. The van der Waals surface area contributed by atoms with Crippen molar-refractivity contribution in [2.24, 2.45) is 0 Å². The zero-order valence-corrected chi connectivity index (χ0v) is 12.6. The van der Waals surface area contributed by atoms with Gasteiger partial charge in [0.05, 0.1) is 5.69 Å². The van der Waals surface area contributed by atoms with Crippen LogP contribution in [-0.4, -0.2) is 48.0 Å². The minimum absolute atomic E-state index is 0.124. The summed E-state index contributed by atoms with van der Waals surface area (Å²) in [5.41, 5.74) is 0.831. The first-order valence-electron chi connectivity index (χ1n) is 6.89. The summed E-state index contributed by atoms with van der Waals surface area (Å²) in [4.78, 5) is 19.7. The number of rotatable bonds is 4. The summed E-state index contributed by atoms with van der Waals surface area (Å²) >= 11 is 1.46.